The van der Waals surface area contributed by atoms with Crippen LogP contribution in [0.15, 0.2) is 64.7 Å². The lowest BCUT2D eigenvalue weighted by molar-refractivity contribution is 0.0946. The van der Waals surface area contributed by atoms with Gasteiger partial charge in [-0.05, 0) is 29.8 Å². The van der Waals surface area contributed by atoms with Gasteiger partial charge in [-0.2, -0.15) is 5.10 Å². The summed E-state index contributed by atoms with van der Waals surface area (Å²) in [7, 11) is 0. The van der Waals surface area contributed by atoms with Crippen LogP contribution < -0.4 is 10.1 Å². The van der Waals surface area contributed by atoms with Crippen LogP contribution in [0.2, 0.25) is 0 Å². The van der Waals surface area contributed by atoms with Crippen molar-refractivity contribution in [2.75, 3.05) is 0 Å². The maximum absolute atomic E-state index is 12.2. The quantitative estimate of drug-likeness (QED) is 0.541. The number of H-pyrrole nitrogens is 1. The minimum absolute atomic E-state index is 0.262. The fourth-order valence-electron chi connectivity index (χ4n) is 2.31. The van der Waals surface area contributed by atoms with Gasteiger partial charge in [0.05, 0.1) is 6.26 Å². The first kappa shape index (κ1) is 16.1. The van der Waals surface area contributed by atoms with Crippen molar-refractivity contribution in [3.63, 3.8) is 0 Å². The zero-order valence-corrected chi connectivity index (χ0v) is 14.3. The minimum Gasteiger partial charge on any atom is -0.463 e. The zero-order chi connectivity index (χ0) is 17.8. The van der Waals surface area contributed by atoms with Crippen LogP contribution in [0.25, 0.3) is 11.5 Å². The Morgan fingerprint density at radius 3 is 2.88 bits per heavy atom. The highest BCUT2D eigenvalue weighted by Crippen LogP contribution is 2.23. The first-order valence-corrected chi connectivity index (χ1v) is 8.70. The molecule has 7 nitrogen and oxygen atoms in total. The number of hydrogen-bond donors (Lipinski definition) is 2. The number of thiazole rings is 1. The van der Waals surface area contributed by atoms with Crippen LogP contribution in [-0.4, -0.2) is 21.1 Å². The van der Waals surface area contributed by atoms with Gasteiger partial charge in [0, 0.05) is 24.2 Å². The van der Waals surface area contributed by atoms with Crippen molar-refractivity contribution in [3.05, 3.63) is 71.6 Å². The molecular formula is C18H14N4O3S. The average molecular weight is 366 g/mol. The third-order valence-corrected chi connectivity index (χ3v) is 4.24. The summed E-state index contributed by atoms with van der Waals surface area (Å²) < 4.78 is 10.9. The van der Waals surface area contributed by atoms with Gasteiger partial charge in [0.1, 0.15) is 11.4 Å². The Morgan fingerprint density at radius 2 is 2.15 bits per heavy atom. The molecular weight excluding hydrogens is 352 g/mol. The smallest absolute Gasteiger partial charge is 0.278 e. The van der Waals surface area contributed by atoms with E-state index in [1.54, 1.807) is 30.7 Å². The first-order chi connectivity index (χ1) is 12.8. The number of aromatic amines is 1. The molecule has 4 aromatic rings. The molecule has 4 rings (SSSR count). The lowest BCUT2D eigenvalue weighted by Gasteiger charge is -2.05. The summed E-state index contributed by atoms with van der Waals surface area (Å²) in [6, 6.07) is 12.7. The molecule has 0 atom stereocenters. The molecule has 0 bridgehead atoms. The SMILES string of the molecule is O=C(NCc1ccc(Oc2nccs2)cc1)c1cc(-c2ccco2)[nH]n1. The lowest BCUT2D eigenvalue weighted by Crippen LogP contribution is -2.23. The van der Waals surface area contributed by atoms with Crippen molar-refractivity contribution in [2.24, 2.45) is 0 Å². The van der Waals surface area contributed by atoms with E-state index in [1.807, 2.05) is 29.6 Å². The lowest BCUT2D eigenvalue weighted by atomic mass is 10.2. The fourth-order valence-corrected chi connectivity index (χ4v) is 2.81. The number of benzene rings is 1. The standard InChI is InChI=1S/C18H14N4O3S/c23-17(15-10-14(21-22-15)16-2-1-8-24-16)20-11-12-3-5-13(6-4-12)25-18-19-7-9-26-18/h1-10H,11H2,(H,20,23)(H,21,22). The van der Waals surface area contributed by atoms with Gasteiger partial charge in [-0.25, -0.2) is 4.98 Å². The van der Waals surface area contributed by atoms with Crippen molar-refractivity contribution >= 4 is 17.2 Å². The van der Waals surface area contributed by atoms with Gasteiger partial charge in [-0.1, -0.05) is 23.5 Å². The van der Waals surface area contributed by atoms with E-state index in [9.17, 15) is 4.79 Å². The summed E-state index contributed by atoms with van der Waals surface area (Å²) in [5.74, 6) is 1.07. The van der Waals surface area contributed by atoms with E-state index in [0.29, 0.717) is 34.6 Å². The van der Waals surface area contributed by atoms with E-state index in [2.05, 4.69) is 20.5 Å². The van der Waals surface area contributed by atoms with Crippen LogP contribution in [0.5, 0.6) is 10.9 Å². The van der Waals surface area contributed by atoms with Crippen molar-refractivity contribution in [1.82, 2.24) is 20.5 Å². The normalized spacial score (nSPS) is 10.6. The Labute approximate surface area is 152 Å². The molecule has 0 aliphatic carbocycles. The van der Waals surface area contributed by atoms with E-state index in [0.717, 1.165) is 5.56 Å². The number of ether oxygens (including phenoxy) is 1. The molecule has 3 heterocycles. The third kappa shape index (κ3) is 3.65. The number of carbonyl (C=O) groups is 1. The maximum atomic E-state index is 12.2. The number of furan rings is 1. The van der Waals surface area contributed by atoms with Crippen molar-refractivity contribution < 1.29 is 13.9 Å². The number of hydrogen-bond acceptors (Lipinski definition) is 6. The summed E-state index contributed by atoms with van der Waals surface area (Å²) in [6.45, 7) is 0.388. The van der Waals surface area contributed by atoms with Crippen LogP contribution in [0.1, 0.15) is 16.1 Å². The number of rotatable bonds is 6. The van der Waals surface area contributed by atoms with Crippen LogP contribution in [-0.2, 0) is 6.54 Å². The largest absolute Gasteiger partial charge is 0.463 e. The molecule has 0 fully saturated rings. The van der Waals surface area contributed by atoms with Crippen LogP contribution in [0.4, 0.5) is 0 Å². The predicted molar refractivity (Wildman–Crippen MR) is 96.1 cm³/mol. The summed E-state index contributed by atoms with van der Waals surface area (Å²) >= 11 is 1.43. The van der Waals surface area contributed by atoms with Gasteiger partial charge in [-0.15, -0.1) is 0 Å². The van der Waals surface area contributed by atoms with Crippen LogP contribution in [0, 0.1) is 0 Å². The molecule has 0 radical (unpaired) electrons. The van der Waals surface area contributed by atoms with Crippen molar-refractivity contribution in [3.8, 4) is 22.4 Å². The molecule has 0 saturated carbocycles. The van der Waals surface area contributed by atoms with E-state index < -0.39 is 0 Å². The number of aromatic nitrogens is 3. The topological polar surface area (TPSA) is 93.0 Å². The molecule has 0 spiro atoms. The van der Waals surface area contributed by atoms with Crippen molar-refractivity contribution in [1.29, 1.82) is 0 Å². The van der Waals surface area contributed by atoms with E-state index in [1.165, 1.54) is 11.3 Å². The second-order valence-electron chi connectivity index (χ2n) is 5.37. The average Bonchev–Trinajstić information content (AvgIpc) is 3.42. The fraction of sp³-hybridized carbons (Fsp3) is 0.0556. The summed E-state index contributed by atoms with van der Waals surface area (Å²) in [5, 5.41) is 12.1. The Morgan fingerprint density at radius 1 is 1.27 bits per heavy atom. The van der Waals surface area contributed by atoms with E-state index >= 15 is 0 Å². The Hall–Kier alpha value is -3.39. The Balaban J connectivity index is 1.34. The second-order valence-corrected chi connectivity index (χ2v) is 6.23. The van der Waals surface area contributed by atoms with Gasteiger partial charge < -0.3 is 14.5 Å². The molecule has 3 aromatic heterocycles. The molecule has 0 aliphatic rings. The molecule has 2 N–H and O–H groups in total. The number of nitrogens with one attached hydrogen (secondary N) is 2. The first-order valence-electron chi connectivity index (χ1n) is 7.82. The van der Waals surface area contributed by atoms with Gasteiger partial charge in [-0.3, -0.25) is 9.89 Å². The molecule has 1 amide bonds. The molecule has 0 unspecified atom stereocenters. The van der Waals surface area contributed by atoms with Crippen LogP contribution in [0.3, 0.4) is 0 Å². The van der Waals surface area contributed by atoms with Gasteiger partial charge in [0.25, 0.3) is 11.1 Å². The molecule has 0 saturated heterocycles. The Kier molecular flexibility index (Phi) is 4.48. The third-order valence-electron chi connectivity index (χ3n) is 3.59. The predicted octanol–water partition coefficient (Wildman–Crippen LogP) is 3.85. The highest BCUT2D eigenvalue weighted by Gasteiger charge is 2.12. The summed E-state index contributed by atoms with van der Waals surface area (Å²) in [6.07, 6.45) is 3.26. The van der Waals surface area contributed by atoms with Gasteiger partial charge in [0.15, 0.2) is 11.5 Å². The highest BCUT2D eigenvalue weighted by atomic mass is 32.1. The zero-order valence-electron chi connectivity index (χ0n) is 13.5. The Bertz CT molecular complexity index is 976. The van der Waals surface area contributed by atoms with E-state index in [-0.39, 0.29) is 5.91 Å². The molecule has 26 heavy (non-hydrogen) atoms. The molecule has 0 aliphatic heterocycles. The van der Waals surface area contributed by atoms with Gasteiger partial charge in [0.2, 0.25) is 0 Å². The second kappa shape index (κ2) is 7.24. The molecule has 1 aromatic carbocycles. The van der Waals surface area contributed by atoms with Crippen molar-refractivity contribution in [2.45, 2.75) is 6.54 Å². The summed E-state index contributed by atoms with van der Waals surface area (Å²) in [5.41, 5.74) is 1.91. The van der Waals surface area contributed by atoms with Gasteiger partial charge >= 0.3 is 0 Å². The molecule has 130 valence electrons. The number of nitrogens with zero attached hydrogens (tertiary/aromatic N) is 2. The number of amides is 1. The maximum Gasteiger partial charge on any atom is 0.278 e. The minimum atomic E-state index is -0.262. The monoisotopic (exact) mass is 366 g/mol. The highest BCUT2D eigenvalue weighted by molar-refractivity contribution is 7.11. The summed E-state index contributed by atoms with van der Waals surface area (Å²) in [4.78, 5) is 16.3. The molecule has 8 heteroatoms. The van der Waals surface area contributed by atoms with Crippen LogP contribution >= 0.6 is 11.3 Å². The van der Waals surface area contributed by atoms with E-state index in [4.69, 9.17) is 9.15 Å². The number of carbonyl (C=O) groups excluding carboxylic acids is 1.